The first-order valence-corrected chi connectivity index (χ1v) is 8.30. The highest BCUT2D eigenvalue weighted by atomic mass is 16.5. The van der Waals surface area contributed by atoms with E-state index in [4.69, 9.17) is 9.47 Å². The number of rotatable bonds is 9. The molecule has 0 spiro atoms. The number of nitrogens with one attached hydrogen (secondary N) is 1. The van der Waals surface area contributed by atoms with Gasteiger partial charge in [-0.2, -0.15) is 0 Å². The first-order valence-electron chi connectivity index (χ1n) is 8.30. The van der Waals surface area contributed by atoms with Gasteiger partial charge in [-0.25, -0.2) is 0 Å². The van der Waals surface area contributed by atoms with Gasteiger partial charge in [-0.3, -0.25) is 4.79 Å². The van der Waals surface area contributed by atoms with Crippen LogP contribution >= 0.6 is 0 Å². The van der Waals surface area contributed by atoms with Gasteiger partial charge in [0.05, 0.1) is 13.2 Å². The van der Waals surface area contributed by atoms with Crippen molar-refractivity contribution in [2.75, 3.05) is 19.8 Å². The van der Waals surface area contributed by atoms with Gasteiger partial charge in [0.25, 0.3) is 0 Å². The Morgan fingerprint density at radius 3 is 2.42 bits per heavy atom. The maximum atomic E-state index is 11.7. The molecule has 0 aliphatic rings. The number of ether oxygens (including phenoxy) is 2. The van der Waals surface area contributed by atoms with Gasteiger partial charge in [-0.05, 0) is 55.7 Å². The van der Waals surface area contributed by atoms with Crippen LogP contribution in [-0.4, -0.2) is 25.7 Å². The second-order valence-corrected chi connectivity index (χ2v) is 5.71. The predicted molar refractivity (Wildman–Crippen MR) is 95.6 cm³/mol. The van der Waals surface area contributed by atoms with Crippen LogP contribution in [0.1, 0.15) is 24.0 Å². The van der Waals surface area contributed by atoms with Gasteiger partial charge in [0.15, 0.2) is 0 Å². The molecule has 0 radical (unpaired) electrons. The third-order valence-electron chi connectivity index (χ3n) is 3.73. The summed E-state index contributed by atoms with van der Waals surface area (Å²) in [4.78, 5) is 11.7. The van der Waals surface area contributed by atoms with E-state index in [2.05, 4.69) is 19.2 Å². The van der Waals surface area contributed by atoms with Crippen molar-refractivity contribution in [1.82, 2.24) is 5.32 Å². The summed E-state index contributed by atoms with van der Waals surface area (Å²) >= 11 is 0. The molecular formula is C20H25NO3. The Bertz CT molecular complexity index is 641. The third kappa shape index (κ3) is 6.32. The smallest absolute Gasteiger partial charge is 0.220 e. The van der Waals surface area contributed by atoms with Crippen LogP contribution in [0, 0.1) is 13.8 Å². The summed E-state index contributed by atoms with van der Waals surface area (Å²) in [5, 5.41) is 2.86. The summed E-state index contributed by atoms with van der Waals surface area (Å²) in [5.41, 5.74) is 2.45. The van der Waals surface area contributed by atoms with Crippen molar-refractivity contribution < 1.29 is 14.3 Å². The number of aryl methyl sites for hydroxylation is 2. The normalized spacial score (nSPS) is 10.2. The Labute approximate surface area is 143 Å². The summed E-state index contributed by atoms with van der Waals surface area (Å²) in [7, 11) is 0. The molecule has 2 rings (SSSR count). The lowest BCUT2D eigenvalue weighted by atomic mass is 10.1. The standard InChI is InChI=1S/C20H25NO3/c1-16-10-11-19(15-17(16)2)24-14-12-21-20(22)9-6-13-23-18-7-4-3-5-8-18/h3-5,7-8,10-11,15H,6,9,12-14H2,1-2H3,(H,21,22). The van der Waals surface area contributed by atoms with E-state index in [-0.39, 0.29) is 5.91 Å². The van der Waals surface area contributed by atoms with E-state index in [1.54, 1.807) is 0 Å². The second-order valence-electron chi connectivity index (χ2n) is 5.71. The van der Waals surface area contributed by atoms with E-state index in [1.807, 2.05) is 48.5 Å². The Morgan fingerprint density at radius 2 is 1.67 bits per heavy atom. The monoisotopic (exact) mass is 327 g/mol. The van der Waals surface area contributed by atoms with Crippen LogP contribution in [-0.2, 0) is 4.79 Å². The van der Waals surface area contributed by atoms with Crippen molar-refractivity contribution in [1.29, 1.82) is 0 Å². The molecular weight excluding hydrogens is 302 g/mol. The molecule has 2 aromatic rings. The van der Waals surface area contributed by atoms with E-state index in [0.29, 0.717) is 32.6 Å². The molecule has 0 aromatic heterocycles. The molecule has 0 unspecified atom stereocenters. The molecule has 0 heterocycles. The Kier molecular flexibility index (Phi) is 7.15. The summed E-state index contributed by atoms with van der Waals surface area (Å²) in [6.45, 7) is 5.64. The fraction of sp³-hybridized carbons (Fsp3) is 0.350. The lowest BCUT2D eigenvalue weighted by Gasteiger charge is -2.09. The maximum absolute atomic E-state index is 11.7. The molecule has 0 atom stereocenters. The van der Waals surface area contributed by atoms with Crippen molar-refractivity contribution in [2.24, 2.45) is 0 Å². The molecule has 0 fully saturated rings. The average molecular weight is 327 g/mol. The molecule has 0 aliphatic heterocycles. The molecule has 4 heteroatoms. The van der Waals surface area contributed by atoms with E-state index >= 15 is 0 Å². The first-order chi connectivity index (χ1) is 11.6. The molecule has 1 N–H and O–H groups in total. The Balaban J connectivity index is 1.54. The van der Waals surface area contributed by atoms with Gasteiger partial charge in [0.1, 0.15) is 18.1 Å². The highest BCUT2D eigenvalue weighted by Gasteiger charge is 2.02. The van der Waals surface area contributed by atoms with Crippen molar-refractivity contribution in [3.05, 3.63) is 59.7 Å². The molecule has 1 amide bonds. The summed E-state index contributed by atoms with van der Waals surface area (Å²) in [6.07, 6.45) is 1.15. The quantitative estimate of drug-likeness (QED) is 0.715. The van der Waals surface area contributed by atoms with Gasteiger partial charge in [0.2, 0.25) is 5.91 Å². The van der Waals surface area contributed by atoms with Gasteiger partial charge in [-0.15, -0.1) is 0 Å². The van der Waals surface area contributed by atoms with E-state index < -0.39 is 0 Å². The lowest BCUT2D eigenvalue weighted by molar-refractivity contribution is -0.121. The third-order valence-corrected chi connectivity index (χ3v) is 3.73. The number of para-hydroxylation sites is 1. The van der Waals surface area contributed by atoms with Crippen LogP contribution in [0.4, 0.5) is 0 Å². The predicted octanol–water partition coefficient (Wildman–Crippen LogP) is 3.66. The van der Waals surface area contributed by atoms with Crippen LogP contribution in [0.5, 0.6) is 11.5 Å². The van der Waals surface area contributed by atoms with Gasteiger partial charge >= 0.3 is 0 Å². The number of hydrogen-bond acceptors (Lipinski definition) is 3. The number of benzene rings is 2. The molecule has 0 aliphatic carbocycles. The fourth-order valence-corrected chi connectivity index (χ4v) is 2.19. The zero-order valence-corrected chi connectivity index (χ0v) is 14.4. The zero-order chi connectivity index (χ0) is 17.2. The van der Waals surface area contributed by atoms with Crippen LogP contribution in [0.25, 0.3) is 0 Å². The summed E-state index contributed by atoms with van der Waals surface area (Å²) in [6, 6.07) is 15.6. The summed E-state index contributed by atoms with van der Waals surface area (Å²) in [5.74, 6) is 1.69. The van der Waals surface area contributed by atoms with Gasteiger partial charge in [-0.1, -0.05) is 24.3 Å². The Hall–Kier alpha value is -2.49. The van der Waals surface area contributed by atoms with Crippen LogP contribution in [0.2, 0.25) is 0 Å². The number of hydrogen-bond donors (Lipinski definition) is 1. The summed E-state index contributed by atoms with van der Waals surface area (Å²) < 4.78 is 11.2. The lowest BCUT2D eigenvalue weighted by Crippen LogP contribution is -2.28. The maximum Gasteiger partial charge on any atom is 0.220 e. The average Bonchev–Trinajstić information content (AvgIpc) is 2.59. The minimum absolute atomic E-state index is 0.0235. The molecule has 4 nitrogen and oxygen atoms in total. The first kappa shape index (κ1) is 17.9. The molecule has 128 valence electrons. The van der Waals surface area contributed by atoms with Crippen LogP contribution in [0.3, 0.4) is 0 Å². The van der Waals surface area contributed by atoms with Gasteiger partial charge in [0, 0.05) is 6.42 Å². The van der Waals surface area contributed by atoms with Crippen molar-refractivity contribution in [3.63, 3.8) is 0 Å². The number of amides is 1. The van der Waals surface area contributed by atoms with E-state index in [1.165, 1.54) is 11.1 Å². The van der Waals surface area contributed by atoms with Gasteiger partial charge < -0.3 is 14.8 Å². The zero-order valence-electron chi connectivity index (χ0n) is 14.4. The highest BCUT2D eigenvalue weighted by molar-refractivity contribution is 5.75. The molecule has 0 bridgehead atoms. The SMILES string of the molecule is Cc1ccc(OCCNC(=O)CCCOc2ccccc2)cc1C. The highest BCUT2D eigenvalue weighted by Crippen LogP contribution is 2.16. The minimum Gasteiger partial charge on any atom is -0.494 e. The molecule has 2 aromatic carbocycles. The van der Waals surface area contributed by atoms with Crippen LogP contribution in [0.15, 0.2) is 48.5 Å². The van der Waals surface area contributed by atoms with Crippen LogP contribution < -0.4 is 14.8 Å². The van der Waals surface area contributed by atoms with Crippen molar-refractivity contribution in [2.45, 2.75) is 26.7 Å². The van der Waals surface area contributed by atoms with Crippen molar-refractivity contribution in [3.8, 4) is 11.5 Å². The number of carbonyl (C=O) groups excluding carboxylic acids is 1. The second kappa shape index (κ2) is 9.60. The van der Waals surface area contributed by atoms with E-state index in [0.717, 1.165) is 11.5 Å². The van der Waals surface area contributed by atoms with Crippen molar-refractivity contribution >= 4 is 5.91 Å². The number of carbonyl (C=O) groups is 1. The largest absolute Gasteiger partial charge is 0.494 e. The molecule has 24 heavy (non-hydrogen) atoms. The molecule has 0 saturated carbocycles. The van der Waals surface area contributed by atoms with E-state index in [9.17, 15) is 4.79 Å². The topological polar surface area (TPSA) is 47.6 Å². The Morgan fingerprint density at radius 1 is 0.917 bits per heavy atom. The molecule has 0 saturated heterocycles. The minimum atomic E-state index is 0.0235. The fourth-order valence-electron chi connectivity index (χ4n) is 2.19.